The maximum atomic E-state index is 8.69. The summed E-state index contributed by atoms with van der Waals surface area (Å²) in [7, 11) is 0. The van der Waals surface area contributed by atoms with Crippen LogP contribution in [0.15, 0.2) is 0 Å². The van der Waals surface area contributed by atoms with Gasteiger partial charge in [-0.1, -0.05) is 0 Å². The first-order valence-corrected chi connectivity index (χ1v) is 3.02. The van der Waals surface area contributed by atoms with E-state index >= 15 is 0 Å². The molecule has 0 saturated carbocycles. The van der Waals surface area contributed by atoms with Crippen LogP contribution in [0.1, 0.15) is 19.3 Å². The molecule has 1 heterocycles. The van der Waals surface area contributed by atoms with E-state index in [0.29, 0.717) is 0 Å². The van der Waals surface area contributed by atoms with Gasteiger partial charge in [0.25, 0.3) is 0 Å². The van der Waals surface area contributed by atoms with Crippen LogP contribution in [-0.4, -0.2) is 18.0 Å². The molecule has 1 rings (SSSR count). The number of aliphatic hydroxyl groups excluding tert-OH is 1. The second-order valence-corrected chi connectivity index (χ2v) is 1.82. The Balaban J connectivity index is 0.000000291. The molecule has 1 atom stereocenters. The first-order chi connectivity index (χ1) is 4.39. The van der Waals surface area contributed by atoms with Crippen LogP contribution in [0.4, 0.5) is 0 Å². The van der Waals surface area contributed by atoms with Crippen molar-refractivity contribution in [1.82, 2.24) is 0 Å². The van der Waals surface area contributed by atoms with Gasteiger partial charge in [-0.3, -0.25) is 0 Å². The second kappa shape index (κ2) is 5.61. The van der Waals surface area contributed by atoms with Crippen molar-refractivity contribution in [2.45, 2.75) is 25.6 Å². The topological polar surface area (TPSA) is 29.5 Å². The lowest BCUT2D eigenvalue weighted by Gasteiger charge is -2.16. The Morgan fingerprint density at radius 2 is 2.00 bits per heavy atom. The third-order valence-electron chi connectivity index (χ3n) is 1.16. The minimum Gasteiger partial charge on any atom is -0.368 e. The van der Waals surface area contributed by atoms with Crippen LogP contribution >= 0.6 is 0 Å². The Hall–Kier alpha value is -0.520. The molecule has 1 N–H and O–H groups in total. The lowest BCUT2D eigenvalue weighted by Crippen LogP contribution is -2.17. The summed E-state index contributed by atoms with van der Waals surface area (Å²) in [6.07, 6.45) is 10.6. The third-order valence-corrected chi connectivity index (χ3v) is 1.16. The summed E-state index contributed by atoms with van der Waals surface area (Å²) in [5, 5.41) is 8.69. The average Bonchev–Trinajstić information content (AvgIpc) is 1.94. The van der Waals surface area contributed by atoms with E-state index in [1.54, 1.807) is 0 Å². The van der Waals surface area contributed by atoms with Gasteiger partial charge in [-0.2, -0.15) is 0 Å². The molecule has 2 heteroatoms. The SMILES string of the molecule is C#C.O[C@H]1CCCCO1. The van der Waals surface area contributed by atoms with Crippen molar-refractivity contribution in [1.29, 1.82) is 0 Å². The van der Waals surface area contributed by atoms with E-state index in [1.165, 1.54) is 0 Å². The smallest absolute Gasteiger partial charge is 0.154 e. The van der Waals surface area contributed by atoms with Crippen LogP contribution in [0, 0.1) is 12.8 Å². The standard InChI is InChI=1S/C5H10O2.C2H2/c6-5-3-1-2-4-7-5;1-2/h5-6H,1-4H2;1-2H/t5-;/m1./s1. The summed E-state index contributed by atoms with van der Waals surface area (Å²) >= 11 is 0. The molecule has 1 aliphatic rings. The minimum absolute atomic E-state index is 0.464. The lowest BCUT2D eigenvalue weighted by molar-refractivity contribution is -0.123. The van der Waals surface area contributed by atoms with E-state index in [4.69, 9.17) is 9.84 Å². The average molecular weight is 128 g/mol. The van der Waals surface area contributed by atoms with Gasteiger partial charge in [-0.25, -0.2) is 0 Å². The quantitative estimate of drug-likeness (QED) is 0.488. The summed E-state index contributed by atoms with van der Waals surface area (Å²) in [6, 6.07) is 0. The predicted molar refractivity (Wildman–Crippen MR) is 35.7 cm³/mol. The molecular weight excluding hydrogens is 116 g/mol. The van der Waals surface area contributed by atoms with Crippen LogP contribution < -0.4 is 0 Å². The first kappa shape index (κ1) is 8.48. The lowest BCUT2D eigenvalue weighted by atomic mass is 10.2. The van der Waals surface area contributed by atoms with E-state index in [1.807, 2.05) is 0 Å². The molecule has 9 heavy (non-hydrogen) atoms. The molecule has 0 aromatic carbocycles. The molecule has 0 aromatic heterocycles. The van der Waals surface area contributed by atoms with Crippen molar-refractivity contribution in [3.63, 3.8) is 0 Å². The Labute approximate surface area is 55.8 Å². The molecule has 1 saturated heterocycles. The Bertz CT molecular complexity index is 72.2. The van der Waals surface area contributed by atoms with Gasteiger partial charge in [0.1, 0.15) is 0 Å². The second-order valence-electron chi connectivity index (χ2n) is 1.82. The number of hydrogen-bond acceptors (Lipinski definition) is 2. The number of terminal acetylenes is 1. The highest BCUT2D eigenvalue weighted by atomic mass is 16.6. The maximum Gasteiger partial charge on any atom is 0.154 e. The van der Waals surface area contributed by atoms with Gasteiger partial charge >= 0.3 is 0 Å². The normalized spacial score (nSPS) is 25.9. The van der Waals surface area contributed by atoms with Gasteiger partial charge in [0.15, 0.2) is 6.29 Å². The van der Waals surface area contributed by atoms with Gasteiger partial charge in [-0.15, -0.1) is 12.8 Å². The summed E-state index contributed by atoms with van der Waals surface area (Å²) < 4.78 is 4.83. The molecule has 0 aliphatic carbocycles. The monoisotopic (exact) mass is 128 g/mol. The van der Waals surface area contributed by atoms with Gasteiger partial charge in [0.05, 0.1) is 0 Å². The number of aliphatic hydroxyl groups is 1. The molecule has 0 radical (unpaired) electrons. The minimum atomic E-state index is -0.464. The fourth-order valence-corrected chi connectivity index (χ4v) is 0.724. The largest absolute Gasteiger partial charge is 0.368 e. The van der Waals surface area contributed by atoms with Crippen molar-refractivity contribution in [2.24, 2.45) is 0 Å². The zero-order valence-corrected chi connectivity index (χ0v) is 5.42. The van der Waals surface area contributed by atoms with Crippen molar-refractivity contribution < 1.29 is 9.84 Å². The van der Waals surface area contributed by atoms with E-state index in [2.05, 4.69) is 12.8 Å². The van der Waals surface area contributed by atoms with Gasteiger partial charge in [0, 0.05) is 6.61 Å². The van der Waals surface area contributed by atoms with E-state index in [0.717, 1.165) is 25.9 Å². The van der Waals surface area contributed by atoms with Crippen LogP contribution in [0.2, 0.25) is 0 Å². The van der Waals surface area contributed by atoms with Crippen molar-refractivity contribution in [2.75, 3.05) is 6.61 Å². The Morgan fingerprint density at radius 3 is 2.22 bits per heavy atom. The van der Waals surface area contributed by atoms with Crippen LogP contribution in [-0.2, 0) is 4.74 Å². The fourth-order valence-electron chi connectivity index (χ4n) is 0.724. The Morgan fingerprint density at radius 1 is 1.33 bits per heavy atom. The van der Waals surface area contributed by atoms with Gasteiger partial charge < -0.3 is 9.84 Å². The van der Waals surface area contributed by atoms with Gasteiger partial charge in [-0.05, 0) is 19.3 Å². The first-order valence-electron chi connectivity index (χ1n) is 3.02. The van der Waals surface area contributed by atoms with E-state index < -0.39 is 6.29 Å². The molecule has 52 valence electrons. The highest BCUT2D eigenvalue weighted by Gasteiger charge is 2.07. The fraction of sp³-hybridized carbons (Fsp3) is 0.714. The van der Waals surface area contributed by atoms with Crippen molar-refractivity contribution >= 4 is 0 Å². The van der Waals surface area contributed by atoms with Crippen molar-refractivity contribution in [3.05, 3.63) is 0 Å². The maximum absolute atomic E-state index is 8.69. The van der Waals surface area contributed by atoms with Crippen molar-refractivity contribution in [3.8, 4) is 12.8 Å². The molecule has 2 nitrogen and oxygen atoms in total. The molecule has 0 aromatic rings. The zero-order chi connectivity index (χ0) is 7.11. The summed E-state index contributed by atoms with van der Waals surface area (Å²) in [6.45, 7) is 0.737. The molecule has 1 fully saturated rings. The highest BCUT2D eigenvalue weighted by Crippen LogP contribution is 2.08. The number of rotatable bonds is 0. The van der Waals surface area contributed by atoms with E-state index in [9.17, 15) is 0 Å². The Kier molecular flexibility index (Phi) is 5.29. The van der Waals surface area contributed by atoms with E-state index in [-0.39, 0.29) is 0 Å². The molecule has 0 spiro atoms. The summed E-state index contributed by atoms with van der Waals surface area (Å²) in [4.78, 5) is 0. The van der Waals surface area contributed by atoms with Gasteiger partial charge in [0.2, 0.25) is 0 Å². The summed E-state index contributed by atoms with van der Waals surface area (Å²) in [5.41, 5.74) is 0. The zero-order valence-electron chi connectivity index (χ0n) is 5.42. The highest BCUT2D eigenvalue weighted by molar-refractivity contribution is 4.50. The molecule has 0 amide bonds. The molecule has 1 aliphatic heterocycles. The molecular formula is C7H12O2. The van der Waals surface area contributed by atoms with Crippen LogP contribution in [0.25, 0.3) is 0 Å². The summed E-state index contributed by atoms with van der Waals surface area (Å²) in [5.74, 6) is 0. The predicted octanol–water partition coefficient (Wildman–Crippen LogP) is 0.755. The number of hydrogen-bond donors (Lipinski definition) is 1. The van der Waals surface area contributed by atoms with Crippen LogP contribution in [0.5, 0.6) is 0 Å². The molecule has 0 bridgehead atoms. The molecule has 0 unspecified atom stereocenters. The number of ether oxygens (including phenoxy) is 1. The van der Waals surface area contributed by atoms with Crippen LogP contribution in [0.3, 0.4) is 0 Å². The third kappa shape index (κ3) is 4.01.